The van der Waals surface area contributed by atoms with Gasteiger partial charge in [0.1, 0.15) is 0 Å². The number of nitrogens with zero attached hydrogens (tertiary/aromatic N) is 2. The second kappa shape index (κ2) is 5.96. The Hall–Kier alpha value is -1.89. The fourth-order valence-electron chi connectivity index (χ4n) is 2.68. The molecule has 1 saturated carbocycles. The van der Waals surface area contributed by atoms with E-state index in [-0.39, 0.29) is 12.1 Å². The molecule has 1 aliphatic carbocycles. The molecule has 1 aromatic carbocycles. The quantitative estimate of drug-likeness (QED) is 0.895. The number of hydrogen-bond acceptors (Lipinski definition) is 4. The van der Waals surface area contributed by atoms with Gasteiger partial charge in [-0.3, -0.25) is 0 Å². The molecule has 2 unspecified atom stereocenters. The lowest BCUT2D eigenvalue weighted by Gasteiger charge is -2.23. The van der Waals surface area contributed by atoms with Crippen LogP contribution in [0.3, 0.4) is 0 Å². The van der Waals surface area contributed by atoms with Crippen molar-refractivity contribution >= 4 is 0 Å². The van der Waals surface area contributed by atoms with Gasteiger partial charge in [-0.2, -0.15) is 18.2 Å². The predicted octanol–water partition coefficient (Wildman–Crippen LogP) is 4.20. The second-order valence-electron chi connectivity index (χ2n) is 6.00. The molecule has 1 aromatic heterocycles. The fraction of sp³-hybridized carbons (Fsp3) is 0.500. The molecule has 7 heteroatoms. The van der Waals surface area contributed by atoms with E-state index in [1.165, 1.54) is 12.1 Å². The summed E-state index contributed by atoms with van der Waals surface area (Å²) in [6, 6.07) is 5.17. The van der Waals surface area contributed by atoms with Crippen molar-refractivity contribution in [3.8, 4) is 0 Å². The van der Waals surface area contributed by atoms with Crippen LogP contribution in [0.4, 0.5) is 13.2 Å². The molecule has 4 nitrogen and oxygen atoms in total. The van der Waals surface area contributed by atoms with Crippen LogP contribution in [0.15, 0.2) is 28.8 Å². The van der Waals surface area contributed by atoms with E-state index in [1.807, 2.05) is 6.92 Å². The van der Waals surface area contributed by atoms with Crippen molar-refractivity contribution in [2.45, 2.75) is 44.9 Å². The molecule has 0 bridgehead atoms. The zero-order chi connectivity index (χ0) is 16.6. The summed E-state index contributed by atoms with van der Waals surface area (Å²) >= 11 is 0. The first kappa shape index (κ1) is 16.0. The first-order valence-electron chi connectivity index (χ1n) is 7.58. The van der Waals surface area contributed by atoms with E-state index in [2.05, 4.69) is 15.5 Å². The van der Waals surface area contributed by atoms with Gasteiger partial charge in [-0.1, -0.05) is 17.3 Å². The zero-order valence-corrected chi connectivity index (χ0v) is 12.9. The summed E-state index contributed by atoms with van der Waals surface area (Å²) in [6.07, 6.45) is -2.32. The van der Waals surface area contributed by atoms with Crippen molar-refractivity contribution in [3.05, 3.63) is 47.1 Å². The van der Waals surface area contributed by atoms with E-state index in [9.17, 15) is 13.2 Å². The normalized spacial score (nSPS) is 18.0. The minimum absolute atomic E-state index is 0.147. The summed E-state index contributed by atoms with van der Waals surface area (Å²) in [5.74, 6) is 1.32. The molecule has 2 aromatic rings. The molecule has 0 radical (unpaired) electrons. The molecular weight excluding hydrogens is 307 g/mol. The van der Waals surface area contributed by atoms with Crippen LogP contribution in [-0.2, 0) is 6.18 Å². The molecule has 0 spiro atoms. The molecular formula is C16H18F3N3O. The molecule has 1 heterocycles. The maximum atomic E-state index is 12.9. The predicted molar refractivity (Wildman–Crippen MR) is 77.5 cm³/mol. The zero-order valence-electron chi connectivity index (χ0n) is 12.9. The molecule has 1 fully saturated rings. The van der Waals surface area contributed by atoms with E-state index in [4.69, 9.17) is 4.52 Å². The number of benzene rings is 1. The van der Waals surface area contributed by atoms with Gasteiger partial charge in [0.15, 0.2) is 5.82 Å². The Morgan fingerprint density at radius 2 is 2.04 bits per heavy atom. The number of nitrogens with one attached hydrogen (secondary N) is 1. The molecule has 1 N–H and O–H groups in total. The van der Waals surface area contributed by atoms with Crippen LogP contribution in [0.25, 0.3) is 0 Å². The van der Waals surface area contributed by atoms with Gasteiger partial charge in [-0.05, 0) is 43.4 Å². The van der Waals surface area contributed by atoms with Crippen LogP contribution in [0.5, 0.6) is 0 Å². The highest BCUT2D eigenvalue weighted by molar-refractivity contribution is 5.29. The van der Waals surface area contributed by atoms with E-state index in [0.717, 1.165) is 18.9 Å². The Morgan fingerprint density at radius 1 is 1.30 bits per heavy atom. The summed E-state index contributed by atoms with van der Waals surface area (Å²) in [7, 11) is 0. The standard InChI is InChI=1S/C16H18F3N3O/c1-9(15-21-10(2)23-22-15)20-14(11-6-7-11)12-4-3-5-13(8-12)16(17,18)19/h3-5,8-9,11,14,20H,6-7H2,1-2H3. The maximum absolute atomic E-state index is 12.9. The topological polar surface area (TPSA) is 51.0 Å². The van der Waals surface area contributed by atoms with Crippen molar-refractivity contribution in [1.29, 1.82) is 0 Å². The number of aromatic nitrogens is 2. The van der Waals surface area contributed by atoms with Crippen molar-refractivity contribution in [2.24, 2.45) is 5.92 Å². The summed E-state index contributed by atoms with van der Waals surface area (Å²) in [5.41, 5.74) is 0.0277. The average molecular weight is 325 g/mol. The van der Waals surface area contributed by atoms with Crippen LogP contribution < -0.4 is 5.32 Å². The first-order chi connectivity index (χ1) is 10.8. The third-order valence-corrected chi connectivity index (χ3v) is 4.03. The van der Waals surface area contributed by atoms with Gasteiger partial charge >= 0.3 is 6.18 Å². The highest BCUT2D eigenvalue weighted by atomic mass is 19.4. The highest BCUT2D eigenvalue weighted by Crippen LogP contribution is 2.43. The highest BCUT2D eigenvalue weighted by Gasteiger charge is 2.36. The average Bonchev–Trinajstić information content (AvgIpc) is 3.24. The molecule has 2 atom stereocenters. The number of alkyl halides is 3. The number of hydrogen-bond donors (Lipinski definition) is 1. The Morgan fingerprint density at radius 3 is 2.61 bits per heavy atom. The van der Waals surface area contributed by atoms with Gasteiger partial charge in [0, 0.05) is 13.0 Å². The minimum Gasteiger partial charge on any atom is -0.340 e. The molecule has 0 saturated heterocycles. The molecule has 0 amide bonds. The van der Waals surface area contributed by atoms with Gasteiger partial charge in [-0.25, -0.2) is 0 Å². The third-order valence-electron chi connectivity index (χ3n) is 4.03. The van der Waals surface area contributed by atoms with E-state index < -0.39 is 11.7 Å². The van der Waals surface area contributed by atoms with Crippen molar-refractivity contribution in [1.82, 2.24) is 15.5 Å². The molecule has 1 aliphatic rings. The lowest BCUT2D eigenvalue weighted by Crippen LogP contribution is -2.27. The van der Waals surface area contributed by atoms with Crippen molar-refractivity contribution < 1.29 is 17.7 Å². The lowest BCUT2D eigenvalue weighted by atomic mass is 9.99. The van der Waals surface area contributed by atoms with E-state index in [1.54, 1.807) is 13.0 Å². The van der Waals surface area contributed by atoms with Gasteiger partial charge in [0.25, 0.3) is 0 Å². The first-order valence-corrected chi connectivity index (χ1v) is 7.58. The fourth-order valence-corrected chi connectivity index (χ4v) is 2.68. The SMILES string of the molecule is Cc1nc(C(C)NC(c2cccc(C(F)(F)F)c2)C2CC2)no1. The molecule has 3 rings (SSSR count). The summed E-state index contributed by atoms with van der Waals surface area (Å²) in [5, 5.41) is 7.22. The van der Waals surface area contributed by atoms with Gasteiger partial charge in [0.05, 0.1) is 11.6 Å². The smallest absolute Gasteiger partial charge is 0.340 e. The number of aryl methyl sites for hydroxylation is 1. The van der Waals surface area contributed by atoms with Gasteiger partial charge < -0.3 is 9.84 Å². The van der Waals surface area contributed by atoms with Gasteiger partial charge in [0.2, 0.25) is 5.89 Å². The van der Waals surface area contributed by atoms with Crippen LogP contribution >= 0.6 is 0 Å². The van der Waals surface area contributed by atoms with Crippen molar-refractivity contribution in [2.75, 3.05) is 0 Å². The van der Waals surface area contributed by atoms with Crippen LogP contribution in [0.1, 0.15) is 54.7 Å². The molecule has 124 valence electrons. The summed E-state index contributed by atoms with van der Waals surface area (Å²) in [6.45, 7) is 3.58. The Balaban J connectivity index is 1.82. The monoisotopic (exact) mass is 325 g/mol. The minimum atomic E-state index is -4.33. The Bertz CT molecular complexity index is 679. The Labute approximate surface area is 132 Å². The van der Waals surface area contributed by atoms with Gasteiger partial charge in [-0.15, -0.1) is 0 Å². The van der Waals surface area contributed by atoms with Crippen LogP contribution in [0.2, 0.25) is 0 Å². The second-order valence-corrected chi connectivity index (χ2v) is 6.00. The molecule has 0 aliphatic heterocycles. The number of halogens is 3. The van der Waals surface area contributed by atoms with E-state index >= 15 is 0 Å². The largest absolute Gasteiger partial charge is 0.416 e. The summed E-state index contributed by atoms with van der Waals surface area (Å²) in [4.78, 5) is 4.17. The van der Waals surface area contributed by atoms with E-state index in [0.29, 0.717) is 23.2 Å². The number of rotatable bonds is 5. The summed E-state index contributed by atoms with van der Waals surface area (Å²) < 4.78 is 43.7. The molecule has 23 heavy (non-hydrogen) atoms. The third kappa shape index (κ3) is 3.72. The Kier molecular flexibility index (Phi) is 4.14. The van der Waals surface area contributed by atoms with Crippen LogP contribution in [0, 0.1) is 12.8 Å². The van der Waals surface area contributed by atoms with Crippen molar-refractivity contribution in [3.63, 3.8) is 0 Å². The lowest BCUT2D eigenvalue weighted by molar-refractivity contribution is -0.137. The van der Waals surface area contributed by atoms with Crippen LogP contribution in [-0.4, -0.2) is 10.1 Å². The maximum Gasteiger partial charge on any atom is 0.416 e.